The molecular formula is C26H30FN5O3. The molecule has 3 heterocycles. The molecule has 0 spiro atoms. The topological polar surface area (TPSA) is 68.7 Å². The van der Waals surface area contributed by atoms with Gasteiger partial charge in [-0.3, -0.25) is 9.69 Å². The van der Waals surface area contributed by atoms with Gasteiger partial charge in [-0.25, -0.2) is 14.2 Å². The SMILES string of the molecule is CC(=O)N1CCN(CCN(C)C(=O)N2N=C3c4cc(F)ccc4OCC3C2c2ccccc2)CC1. The summed E-state index contributed by atoms with van der Waals surface area (Å²) in [5, 5.41) is 6.28. The van der Waals surface area contributed by atoms with Crippen molar-refractivity contribution in [3.8, 4) is 5.75 Å². The minimum Gasteiger partial charge on any atom is -0.492 e. The van der Waals surface area contributed by atoms with Crippen molar-refractivity contribution in [3.63, 3.8) is 0 Å². The molecule has 2 atom stereocenters. The van der Waals surface area contributed by atoms with Crippen LogP contribution in [-0.2, 0) is 4.79 Å². The monoisotopic (exact) mass is 479 g/mol. The summed E-state index contributed by atoms with van der Waals surface area (Å²) >= 11 is 0. The Labute approximate surface area is 204 Å². The highest BCUT2D eigenvalue weighted by Gasteiger charge is 2.45. The van der Waals surface area contributed by atoms with Crippen molar-refractivity contribution in [3.05, 3.63) is 65.5 Å². The highest BCUT2D eigenvalue weighted by molar-refractivity contribution is 6.07. The molecule has 5 rings (SSSR count). The van der Waals surface area contributed by atoms with Gasteiger partial charge in [-0.15, -0.1) is 0 Å². The number of carbonyl (C=O) groups excluding carboxylic acids is 2. The van der Waals surface area contributed by atoms with Crippen molar-refractivity contribution in [2.24, 2.45) is 11.0 Å². The number of rotatable bonds is 4. The summed E-state index contributed by atoms with van der Waals surface area (Å²) in [7, 11) is 1.78. The zero-order valence-corrected chi connectivity index (χ0v) is 20.1. The molecule has 0 saturated carbocycles. The van der Waals surface area contributed by atoms with E-state index < -0.39 is 0 Å². The molecule has 3 amide bonds. The van der Waals surface area contributed by atoms with Gasteiger partial charge in [-0.05, 0) is 23.8 Å². The van der Waals surface area contributed by atoms with Crippen molar-refractivity contribution < 1.29 is 18.7 Å². The average Bonchev–Trinajstić information content (AvgIpc) is 3.27. The quantitative estimate of drug-likeness (QED) is 0.677. The second-order valence-corrected chi connectivity index (χ2v) is 9.30. The lowest BCUT2D eigenvalue weighted by Crippen LogP contribution is -2.50. The van der Waals surface area contributed by atoms with E-state index in [1.165, 1.54) is 17.1 Å². The Morgan fingerprint density at radius 2 is 1.86 bits per heavy atom. The van der Waals surface area contributed by atoms with E-state index in [0.29, 0.717) is 43.3 Å². The maximum absolute atomic E-state index is 14.1. The number of halogens is 1. The third kappa shape index (κ3) is 4.60. The predicted molar refractivity (Wildman–Crippen MR) is 130 cm³/mol. The first-order chi connectivity index (χ1) is 16.9. The Morgan fingerprint density at radius 1 is 1.11 bits per heavy atom. The maximum atomic E-state index is 14.1. The summed E-state index contributed by atoms with van der Waals surface area (Å²) in [6.07, 6.45) is 0. The normalized spacial score (nSPS) is 21.6. The third-order valence-corrected chi connectivity index (χ3v) is 7.08. The second kappa shape index (κ2) is 9.65. The van der Waals surface area contributed by atoms with E-state index in [4.69, 9.17) is 9.84 Å². The summed E-state index contributed by atoms with van der Waals surface area (Å²) < 4.78 is 20.0. The zero-order chi connectivity index (χ0) is 24.5. The number of hydrogen-bond donors (Lipinski definition) is 0. The molecule has 0 radical (unpaired) electrons. The molecule has 0 N–H and O–H groups in total. The third-order valence-electron chi connectivity index (χ3n) is 7.08. The number of nitrogens with zero attached hydrogens (tertiary/aromatic N) is 5. The van der Waals surface area contributed by atoms with Crippen LogP contribution in [0.1, 0.15) is 24.1 Å². The van der Waals surface area contributed by atoms with Crippen molar-refractivity contribution in [1.29, 1.82) is 0 Å². The Morgan fingerprint density at radius 3 is 2.57 bits per heavy atom. The first-order valence-electron chi connectivity index (χ1n) is 12.0. The summed E-state index contributed by atoms with van der Waals surface area (Å²) in [6, 6.07) is 13.7. The van der Waals surface area contributed by atoms with Crippen LogP contribution in [0.2, 0.25) is 0 Å². The van der Waals surface area contributed by atoms with Gasteiger partial charge in [-0.2, -0.15) is 5.10 Å². The summed E-state index contributed by atoms with van der Waals surface area (Å²) in [5.41, 5.74) is 2.24. The molecular weight excluding hydrogens is 449 g/mol. The first-order valence-corrected chi connectivity index (χ1v) is 12.0. The van der Waals surface area contributed by atoms with Crippen molar-refractivity contribution in [2.45, 2.75) is 13.0 Å². The Kier molecular flexibility index (Phi) is 6.42. The van der Waals surface area contributed by atoms with Crippen molar-refractivity contribution in [1.82, 2.24) is 19.7 Å². The highest BCUT2D eigenvalue weighted by Crippen LogP contribution is 2.42. The Bertz CT molecular complexity index is 1130. The van der Waals surface area contributed by atoms with E-state index in [9.17, 15) is 14.0 Å². The smallest absolute Gasteiger partial charge is 0.340 e. The molecule has 1 saturated heterocycles. The van der Waals surface area contributed by atoms with Crippen LogP contribution in [0, 0.1) is 11.7 Å². The number of fused-ring (bicyclic) bond motifs is 3. The Balaban J connectivity index is 1.34. The fourth-order valence-electron chi connectivity index (χ4n) is 5.04. The molecule has 9 heteroatoms. The fourth-order valence-corrected chi connectivity index (χ4v) is 5.04. The molecule has 2 unspecified atom stereocenters. The molecule has 3 aliphatic rings. The van der Waals surface area contributed by atoms with Crippen LogP contribution in [0.5, 0.6) is 5.75 Å². The van der Waals surface area contributed by atoms with Crippen LogP contribution in [0.15, 0.2) is 53.6 Å². The number of urea groups is 1. The molecule has 184 valence electrons. The first kappa shape index (κ1) is 23.3. The predicted octanol–water partition coefficient (Wildman–Crippen LogP) is 2.81. The van der Waals surface area contributed by atoms with E-state index in [1.54, 1.807) is 24.9 Å². The van der Waals surface area contributed by atoms with Gasteiger partial charge in [0.2, 0.25) is 5.91 Å². The summed E-state index contributed by atoms with van der Waals surface area (Å²) in [4.78, 5) is 31.0. The van der Waals surface area contributed by atoms with E-state index in [1.807, 2.05) is 35.2 Å². The number of amides is 3. The number of carbonyl (C=O) groups is 2. The van der Waals surface area contributed by atoms with Gasteiger partial charge in [0, 0.05) is 58.8 Å². The molecule has 8 nitrogen and oxygen atoms in total. The molecule has 3 aliphatic heterocycles. The van der Waals surface area contributed by atoms with Gasteiger partial charge >= 0.3 is 6.03 Å². The van der Waals surface area contributed by atoms with Crippen LogP contribution in [0.25, 0.3) is 0 Å². The van der Waals surface area contributed by atoms with Crippen LogP contribution < -0.4 is 4.74 Å². The second-order valence-electron chi connectivity index (χ2n) is 9.30. The number of likely N-dealkylation sites (N-methyl/N-ethyl adjacent to an activating group) is 1. The lowest BCUT2D eigenvalue weighted by atomic mass is 9.86. The van der Waals surface area contributed by atoms with E-state index in [2.05, 4.69) is 4.90 Å². The van der Waals surface area contributed by atoms with E-state index in [0.717, 1.165) is 25.2 Å². The molecule has 0 aromatic heterocycles. The highest BCUT2D eigenvalue weighted by atomic mass is 19.1. The minimum absolute atomic E-state index is 0.101. The fraction of sp³-hybridized carbons (Fsp3) is 0.423. The summed E-state index contributed by atoms with van der Waals surface area (Å²) in [6.45, 7) is 6.22. The number of ether oxygens (including phenoxy) is 1. The van der Waals surface area contributed by atoms with Gasteiger partial charge in [0.15, 0.2) is 0 Å². The van der Waals surface area contributed by atoms with Gasteiger partial charge in [0.05, 0.1) is 24.3 Å². The molecule has 2 aromatic rings. The molecule has 1 fully saturated rings. The molecule has 0 bridgehead atoms. The number of hydrogen-bond acceptors (Lipinski definition) is 5. The molecule has 35 heavy (non-hydrogen) atoms. The average molecular weight is 480 g/mol. The largest absolute Gasteiger partial charge is 0.492 e. The van der Waals surface area contributed by atoms with Crippen LogP contribution in [-0.4, -0.2) is 90.3 Å². The maximum Gasteiger partial charge on any atom is 0.340 e. The lowest BCUT2D eigenvalue weighted by Gasteiger charge is -2.35. The molecule has 0 aliphatic carbocycles. The lowest BCUT2D eigenvalue weighted by molar-refractivity contribution is -0.130. The number of piperazine rings is 1. The van der Waals surface area contributed by atoms with Crippen molar-refractivity contribution >= 4 is 17.6 Å². The van der Waals surface area contributed by atoms with Gasteiger partial charge in [0.1, 0.15) is 11.6 Å². The number of hydrazone groups is 1. The van der Waals surface area contributed by atoms with E-state index in [-0.39, 0.29) is 29.7 Å². The van der Waals surface area contributed by atoms with Crippen molar-refractivity contribution in [2.75, 3.05) is 52.9 Å². The summed E-state index contributed by atoms with van der Waals surface area (Å²) in [5.74, 6) is 0.131. The van der Waals surface area contributed by atoms with Crippen LogP contribution in [0.3, 0.4) is 0 Å². The van der Waals surface area contributed by atoms with E-state index >= 15 is 0 Å². The molecule has 2 aromatic carbocycles. The van der Waals surface area contributed by atoms with Gasteiger partial charge in [-0.1, -0.05) is 30.3 Å². The number of benzene rings is 2. The Hall–Kier alpha value is -3.46. The standard InChI is InChI=1S/C26H30FN5O3/c1-18(33)31-14-12-30(13-15-31)11-10-29(2)26(34)32-25(19-6-4-3-5-7-19)22-17-35-23-9-8-20(27)16-21(23)24(22)28-32/h3-9,16,22,25H,10-15,17H2,1-2H3. The van der Waals surface area contributed by atoms with Crippen LogP contribution in [0.4, 0.5) is 9.18 Å². The van der Waals surface area contributed by atoms with Gasteiger partial charge in [0.25, 0.3) is 0 Å². The van der Waals surface area contributed by atoms with Gasteiger partial charge < -0.3 is 14.5 Å². The zero-order valence-electron chi connectivity index (χ0n) is 20.1. The van der Waals surface area contributed by atoms with Crippen LogP contribution >= 0.6 is 0 Å². The minimum atomic E-state index is -0.362.